The zero-order valence-electron chi connectivity index (χ0n) is 15.2. The smallest absolute Gasteiger partial charge is 0.200 e. The number of nitrogens with one attached hydrogen (secondary N) is 1. The number of aromatic hydroxyl groups is 1. The molecular formula is C20H27N2O3+. The fourth-order valence-electron chi connectivity index (χ4n) is 3.50. The standard InChI is InChI=1S/C20H26N2O3/c1-15-6-4-5-7-17(15)22-10-8-21(9-11-22)14-16-12-18(24-2)20(23)19(13-16)25-3/h4-7,12-13,23H,8-11,14H2,1-3H3/p+1. The Bertz CT molecular complexity index is 700. The zero-order valence-corrected chi connectivity index (χ0v) is 15.2. The Kier molecular flexibility index (Phi) is 5.34. The van der Waals surface area contributed by atoms with Crippen molar-refractivity contribution in [3.63, 3.8) is 0 Å². The molecular weight excluding hydrogens is 316 g/mol. The number of quaternary nitrogens is 1. The monoisotopic (exact) mass is 343 g/mol. The summed E-state index contributed by atoms with van der Waals surface area (Å²) in [7, 11) is 3.12. The number of rotatable bonds is 5. The summed E-state index contributed by atoms with van der Waals surface area (Å²) in [6.07, 6.45) is 0. The van der Waals surface area contributed by atoms with E-state index in [4.69, 9.17) is 9.47 Å². The van der Waals surface area contributed by atoms with Gasteiger partial charge in [0.2, 0.25) is 5.75 Å². The Hall–Kier alpha value is -2.40. The lowest BCUT2D eigenvalue weighted by Crippen LogP contribution is -3.13. The molecule has 25 heavy (non-hydrogen) atoms. The largest absolute Gasteiger partial charge is 0.502 e. The van der Waals surface area contributed by atoms with Crippen molar-refractivity contribution < 1.29 is 19.5 Å². The van der Waals surface area contributed by atoms with E-state index >= 15 is 0 Å². The van der Waals surface area contributed by atoms with Gasteiger partial charge in [0.25, 0.3) is 0 Å². The van der Waals surface area contributed by atoms with Gasteiger partial charge in [-0.05, 0) is 30.7 Å². The lowest BCUT2D eigenvalue weighted by molar-refractivity contribution is -0.914. The molecule has 1 aliphatic heterocycles. The van der Waals surface area contributed by atoms with Gasteiger partial charge in [-0.2, -0.15) is 0 Å². The van der Waals surface area contributed by atoms with Crippen molar-refractivity contribution in [2.75, 3.05) is 45.3 Å². The minimum atomic E-state index is 0.0631. The van der Waals surface area contributed by atoms with Gasteiger partial charge in [0.15, 0.2) is 11.5 Å². The van der Waals surface area contributed by atoms with Gasteiger partial charge in [-0.3, -0.25) is 0 Å². The van der Waals surface area contributed by atoms with Crippen molar-refractivity contribution in [3.05, 3.63) is 47.5 Å². The van der Waals surface area contributed by atoms with E-state index in [1.807, 2.05) is 12.1 Å². The van der Waals surface area contributed by atoms with E-state index in [0.717, 1.165) is 38.3 Å². The van der Waals surface area contributed by atoms with Crippen LogP contribution in [0, 0.1) is 6.92 Å². The molecule has 0 unspecified atom stereocenters. The Balaban J connectivity index is 1.65. The molecule has 1 fully saturated rings. The Morgan fingerprint density at radius 2 is 1.64 bits per heavy atom. The molecule has 0 saturated carbocycles. The van der Waals surface area contributed by atoms with Gasteiger partial charge in [-0.25, -0.2) is 0 Å². The first-order chi connectivity index (χ1) is 12.1. The second-order valence-electron chi connectivity index (χ2n) is 6.55. The first-order valence-corrected chi connectivity index (χ1v) is 8.70. The van der Waals surface area contributed by atoms with Crippen LogP contribution in [-0.2, 0) is 6.54 Å². The third kappa shape index (κ3) is 3.82. The molecule has 0 amide bonds. The molecule has 134 valence electrons. The van der Waals surface area contributed by atoms with Gasteiger partial charge in [0, 0.05) is 11.3 Å². The van der Waals surface area contributed by atoms with Crippen LogP contribution in [0.4, 0.5) is 5.69 Å². The molecule has 0 aliphatic carbocycles. The molecule has 1 saturated heterocycles. The third-order valence-electron chi connectivity index (χ3n) is 4.92. The average Bonchev–Trinajstić information content (AvgIpc) is 2.64. The number of nitrogens with zero attached hydrogens (tertiary/aromatic N) is 1. The second kappa shape index (κ2) is 7.66. The molecule has 1 aliphatic rings. The second-order valence-corrected chi connectivity index (χ2v) is 6.55. The first-order valence-electron chi connectivity index (χ1n) is 8.70. The predicted molar refractivity (Wildman–Crippen MR) is 99.0 cm³/mol. The number of anilines is 1. The number of aryl methyl sites for hydroxylation is 1. The molecule has 5 heteroatoms. The van der Waals surface area contributed by atoms with E-state index in [0.29, 0.717) is 11.5 Å². The van der Waals surface area contributed by atoms with Crippen LogP contribution in [0.25, 0.3) is 0 Å². The zero-order chi connectivity index (χ0) is 17.8. The van der Waals surface area contributed by atoms with E-state index in [1.54, 1.807) is 14.2 Å². The third-order valence-corrected chi connectivity index (χ3v) is 4.92. The number of piperazine rings is 1. The molecule has 0 radical (unpaired) electrons. The van der Waals surface area contributed by atoms with Crippen LogP contribution >= 0.6 is 0 Å². The van der Waals surface area contributed by atoms with Gasteiger partial charge in [-0.1, -0.05) is 18.2 Å². The Morgan fingerprint density at radius 1 is 1.04 bits per heavy atom. The van der Waals surface area contributed by atoms with E-state index < -0.39 is 0 Å². The molecule has 2 aromatic carbocycles. The fourth-order valence-corrected chi connectivity index (χ4v) is 3.50. The van der Waals surface area contributed by atoms with Crippen LogP contribution < -0.4 is 19.3 Å². The van der Waals surface area contributed by atoms with Crippen molar-refractivity contribution >= 4 is 5.69 Å². The normalized spacial score (nSPS) is 15.2. The number of benzene rings is 2. The number of methoxy groups -OCH3 is 2. The van der Waals surface area contributed by atoms with Crippen molar-refractivity contribution in [1.82, 2.24) is 0 Å². The molecule has 0 aromatic heterocycles. The number of ether oxygens (including phenoxy) is 2. The Labute approximate surface area is 149 Å². The summed E-state index contributed by atoms with van der Waals surface area (Å²) in [6.45, 7) is 7.33. The van der Waals surface area contributed by atoms with Crippen molar-refractivity contribution in [2.24, 2.45) is 0 Å². The molecule has 5 nitrogen and oxygen atoms in total. The van der Waals surface area contributed by atoms with Crippen LogP contribution in [0.2, 0.25) is 0 Å². The van der Waals surface area contributed by atoms with Crippen LogP contribution in [0.15, 0.2) is 36.4 Å². The topological polar surface area (TPSA) is 46.4 Å². The van der Waals surface area contributed by atoms with Crippen LogP contribution in [0.3, 0.4) is 0 Å². The highest BCUT2D eigenvalue weighted by Crippen LogP contribution is 2.36. The molecule has 2 N–H and O–H groups in total. The highest BCUT2D eigenvalue weighted by atomic mass is 16.5. The van der Waals surface area contributed by atoms with Gasteiger partial charge in [-0.15, -0.1) is 0 Å². The predicted octanol–water partition coefficient (Wildman–Crippen LogP) is 1.62. The fraction of sp³-hybridized carbons (Fsp3) is 0.400. The van der Waals surface area contributed by atoms with Crippen LogP contribution in [0.1, 0.15) is 11.1 Å². The van der Waals surface area contributed by atoms with Crippen molar-refractivity contribution in [2.45, 2.75) is 13.5 Å². The summed E-state index contributed by atoms with van der Waals surface area (Å²) in [6, 6.07) is 12.4. The maximum atomic E-state index is 10.0. The number of hydrogen-bond acceptors (Lipinski definition) is 4. The number of phenols is 1. The molecule has 3 rings (SSSR count). The average molecular weight is 343 g/mol. The van der Waals surface area contributed by atoms with Gasteiger partial charge >= 0.3 is 0 Å². The lowest BCUT2D eigenvalue weighted by atomic mass is 10.1. The van der Waals surface area contributed by atoms with Gasteiger partial charge in [0.1, 0.15) is 6.54 Å². The molecule has 0 bridgehead atoms. The van der Waals surface area contributed by atoms with Gasteiger partial charge < -0.3 is 24.4 Å². The molecule has 2 aromatic rings. The van der Waals surface area contributed by atoms with Gasteiger partial charge in [0.05, 0.1) is 40.4 Å². The van der Waals surface area contributed by atoms with Crippen LogP contribution in [-0.4, -0.2) is 45.5 Å². The van der Waals surface area contributed by atoms with Crippen molar-refractivity contribution in [3.8, 4) is 17.2 Å². The lowest BCUT2D eigenvalue weighted by Gasteiger charge is -2.34. The summed E-state index contributed by atoms with van der Waals surface area (Å²) in [5.74, 6) is 0.993. The summed E-state index contributed by atoms with van der Waals surface area (Å²) in [5.41, 5.74) is 3.79. The van der Waals surface area contributed by atoms with Crippen molar-refractivity contribution in [1.29, 1.82) is 0 Å². The minimum absolute atomic E-state index is 0.0631. The van der Waals surface area contributed by atoms with Crippen LogP contribution in [0.5, 0.6) is 17.2 Å². The molecule has 1 heterocycles. The highest BCUT2D eigenvalue weighted by molar-refractivity contribution is 5.53. The number of hydrogen-bond donors (Lipinski definition) is 2. The molecule has 0 spiro atoms. The summed E-state index contributed by atoms with van der Waals surface area (Å²) >= 11 is 0. The summed E-state index contributed by atoms with van der Waals surface area (Å²) in [5, 5.41) is 10.0. The quantitative estimate of drug-likeness (QED) is 0.866. The highest BCUT2D eigenvalue weighted by Gasteiger charge is 2.22. The summed E-state index contributed by atoms with van der Waals surface area (Å²) in [4.78, 5) is 4.00. The SMILES string of the molecule is COc1cc(C[NH+]2CCN(c3ccccc3C)CC2)cc(OC)c1O. The molecule has 0 atom stereocenters. The van der Waals surface area contributed by atoms with E-state index in [1.165, 1.54) is 16.2 Å². The first kappa shape index (κ1) is 17.4. The Morgan fingerprint density at radius 3 is 2.20 bits per heavy atom. The maximum absolute atomic E-state index is 10.0. The maximum Gasteiger partial charge on any atom is 0.200 e. The van der Waals surface area contributed by atoms with E-state index in [-0.39, 0.29) is 5.75 Å². The van der Waals surface area contributed by atoms with E-state index in [9.17, 15) is 5.11 Å². The number of phenolic OH excluding ortho intramolecular Hbond substituents is 1. The number of para-hydroxylation sites is 1. The minimum Gasteiger partial charge on any atom is -0.502 e. The van der Waals surface area contributed by atoms with E-state index in [2.05, 4.69) is 36.1 Å². The summed E-state index contributed by atoms with van der Waals surface area (Å²) < 4.78 is 10.5.